The van der Waals surface area contributed by atoms with Gasteiger partial charge in [0.1, 0.15) is 5.82 Å². The first-order valence-electron chi connectivity index (χ1n) is 7.02. The van der Waals surface area contributed by atoms with Crippen molar-refractivity contribution in [3.63, 3.8) is 0 Å². The van der Waals surface area contributed by atoms with Crippen molar-refractivity contribution in [1.82, 2.24) is 5.32 Å². The molecule has 0 spiro atoms. The van der Waals surface area contributed by atoms with Gasteiger partial charge in [-0.05, 0) is 51.0 Å². The second kappa shape index (κ2) is 6.08. The summed E-state index contributed by atoms with van der Waals surface area (Å²) in [5.41, 5.74) is 4.29. The summed E-state index contributed by atoms with van der Waals surface area (Å²) in [7, 11) is 0. The van der Waals surface area contributed by atoms with Crippen LogP contribution in [0.2, 0.25) is 0 Å². The third-order valence-corrected chi connectivity index (χ3v) is 3.61. The predicted molar refractivity (Wildman–Crippen MR) is 82.9 cm³/mol. The standard InChI is InChI=1S/C18H20FNO/c1-11-5-7-15(13(3)9-11)14(4)20-18(21)16-10-12(2)6-8-17(16)19/h5-10,14H,1-4H3,(H,20,21). The van der Waals surface area contributed by atoms with Gasteiger partial charge in [-0.25, -0.2) is 4.39 Å². The summed E-state index contributed by atoms with van der Waals surface area (Å²) in [5, 5.41) is 2.86. The molecule has 2 rings (SSSR count). The van der Waals surface area contributed by atoms with Crippen LogP contribution >= 0.6 is 0 Å². The molecule has 3 heteroatoms. The number of amides is 1. The third kappa shape index (κ3) is 3.48. The largest absolute Gasteiger partial charge is 0.345 e. The SMILES string of the molecule is Cc1ccc(C(C)NC(=O)c2cc(C)ccc2F)c(C)c1. The molecule has 0 aliphatic heterocycles. The first-order chi connectivity index (χ1) is 9.88. The Kier molecular flexibility index (Phi) is 4.41. The minimum atomic E-state index is -0.495. The fourth-order valence-corrected chi connectivity index (χ4v) is 2.48. The summed E-state index contributed by atoms with van der Waals surface area (Å²) in [4.78, 5) is 12.2. The van der Waals surface area contributed by atoms with E-state index in [1.807, 2.05) is 39.8 Å². The number of hydrogen-bond acceptors (Lipinski definition) is 1. The maximum atomic E-state index is 13.7. The molecule has 0 saturated carbocycles. The van der Waals surface area contributed by atoms with Crippen molar-refractivity contribution in [2.45, 2.75) is 33.7 Å². The highest BCUT2D eigenvalue weighted by atomic mass is 19.1. The van der Waals surface area contributed by atoms with E-state index in [0.29, 0.717) is 0 Å². The molecule has 0 fully saturated rings. The predicted octanol–water partition coefficient (Wildman–Crippen LogP) is 4.24. The van der Waals surface area contributed by atoms with Crippen molar-refractivity contribution in [3.8, 4) is 0 Å². The van der Waals surface area contributed by atoms with Gasteiger partial charge >= 0.3 is 0 Å². The van der Waals surface area contributed by atoms with E-state index in [-0.39, 0.29) is 17.5 Å². The van der Waals surface area contributed by atoms with E-state index in [4.69, 9.17) is 0 Å². The molecule has 2 aromatic rings. The topological polar surface area (TPSA) is 29.1 Å². The molecular formula is C18H20FNO. The number of carbonyl (C=O) groups is 1. The van der Waals surface area contributed by atoms with E-state index in [1.165, 1.54) is 11.6 Å². The molecule has 1 N–H and O–H groups in total. The Bertz CT molecular complexity index is 679. The highest BCUT2D eigenvalue weighted by molar-refractivity contribution is 5.94. The van der Waals surface area contributed by atoms with Gasteiger partial charge in [-0.3, -0.25) is 4.79 Å². The maximum absolute atomic E-state index is 13.7. The lowest BCUT2D eigenvalue weighted by molar-refractivity contribution is 0.0935. The monoisotopic (exact) mass is 285 g/mol. The molecule has 0 aliphatic rings. The average Bonchev–Trinajstić information content (AvgIpc) is 2.41. The molecule has 0 aliphatic carbocycles. The van der Waals surface area contributed by atoms with Crippen LogP contribution in [0.15, 0.2) is 36.4 Å². The lowest BCUT2D eigenvalue weighted by Crippen LogP contribution is -2.28. The smallest absolute Gasteiger partial charge is 0.254 e. The van der Waals surface area contributed by atoms with E-state index < -0.39 is 5.82 Å². The molecule has 2 aromatic carbocycles. The molecule has 0 aromatic heterocycles. The van der Waals surface area contributed by atoms with E-state index >= 15 is 0 Å². The van der Waals surface area contributed by atoms with Crippen molar-refractivity contribution in [1.29, 1.82) is 0 Å². The molecule has 0 saturated heterocycles. The van der Waals surface area contributed by atoms with Crippen LogP contribution in [0.25, 0.3) is 0 Å². The molecule has 0 radical (unpaired) electrons. The average molecular weight is 285 g/mol. The summed E-state index contributed by atoms with van der Waals surface area (Å²) in [6.07, 6.45) is 0. The summed E-state index contributed by atoms with van der Waals surface area (Å²) < 4.78 is 13.7. The number of nitrogens with one attached hydrogen (secondary N) is 1. The highest BCUT2D eigenvalue weighted by Gasteiger charge is 2.16. The summed E-state index contributed by atoms with van der Waals surface area (Å²) in [6.45, 7) is 7.79. The van der Waals surface area contributed by atoms with E-state index in [1.54, 1.807) is 12.1 Å². The third-order valence-electron chi connectivity index (χ3n) is 3.61. The van der Waals surface area contributed by atoms with Crippen LogP contribution in [0.3, 0.4) is 0 Å². The van der Waals surface area contributed by atoms with Crippen LogP contribution < -0.4 is 5.32 Å². The number of benzene rings is 2. The lowest BCUT2D eigenvalue weighted by Gasteiger charge is -2.17. The number of aryl methyl sites for hydroxylation is 3. The van der Waals surface area contributed by atoms with Gasteiger partial charge in [-0.15, -0.1) is 0 Å². The maximum Gasteiger partial charge on any atom is 0.254 e. The first kappa shape index (κ1) is 15.2. The fraction of sp³-hybridized carbons (Fsp3) is 0.278. The molecule has 110 valence electrons. The first-order valence-corrected chi connectivity index (χ1v) is 7.02. The number of rotatable bonds is 3. The minimum Gasteiger partial charge on any atom is -0.345 e. The Balaban J connectivity index is 2.20. The van der Waals surface area contributed by atoms with Gasteiger partial charge in [0.25, 0.3) is 5.91 Å². The zero-order chi connectivity index (χ0) is 15.6. The van der Waals surface area contributed by atoms with Crippen molar-refractivity contribution < 1.29 is 9.18 Å². The zero-order valence-electron chi connectivity index (χ0n) is 12.8. The summed E-state index contributed by atoms with van der Waals surface area (Å²) in [5.74, 6) is -0.880. The molecule has 0 heterocycles. The van der Waals surface area contributed by atoms with Gasteiger partial charge in [0.15, 0.2) is 0 Å². The molecule has 1 unspecified atom stereocenters. The Morgan fingerprint density at radius 3 is 2.33 bits per heavy atom. The highest BCUT2D eigenvalue weighted by Crippen LogP contribution is 2.19. The van der Waals surface area contributed by atoms with Gasteiger partial charge < -0.3 is 5.32 Å². The van der Waals surface area contributed by atoms with Crippen LogP contribution in [0.4, 0.5) is 4.39 Å². The normalized spacial score (nSPS) is 12.0. The number of halogens is 1. The quantitative estimate of drug-likeness (QED) is 0.897. The van der Waals surface area contributed by atoms with Crippen LogP contribution in [-0.4, -0.2) is 5.91 Å². The Morgan fingerprint density at radius 1 is 1.05 bits per heavy atom. The molecular weight excluding hydrogens is 265 g/mol. The zero-order valence-corrected chi connectivity index (χ0v) is 12.8. The van der Waals surface area contributed by atoms with Crippen molar-refractivity contribution in [3.05, 3.63) is 70.0 Å². The van der Waals surface area contributed by atoms with Gasteiger partial charge in [-0.2, -0.15) is 0 Å². The molecule has 0 bridgehead atoms. The second-order valence-electron chi connectivity index (χ2n) is 5.54. The number of carbonyl (C=O) groups excluding carboxylic acids is 1. The van der Waals surface area contributed by atoms with Crippen molar-refractivity contribution in [2.24, 2.45) is 0 Å². The second-order valence-corrected chi connectivity index (χ2v) is 5.54. The Hall–Kier alpha value is -2.16. The molecule has 21 heavy (non-hydrogen) atoms. The molecule has 1 atom stereocenters. The van der Waals surface area contributed by atoms with Crippen molar-refractivity contribution >= 4 is 5.91 Å². The molecule has 1 amide bonds. The summed E-state index contributed by atoms with van der Waals surface area (Å²) >= 11 is 0. The van der Waals surface area contributed by atoms with Crippen LogP contribution in [0.5, 0.6) is 0 Å². The van der Waals surface area contributed by atoms with E-state index in [9.17, 15) is 9.18 Å². The van der Waals surface area contributed by atoms with E-state index in [0.717, 1.165) is 16.7 Å². The van der Waals surface area contributed by atoms with Crippen LogP contribution in [0, 0.1) is 26.6 Å². The fourth-order valence-electron chi connectivity index (χ4n) is 2.48. The van der Waals surface area contributed by atoms with Gasteiger partial charge in [-0.1, -0.05) is 35.4 Å². The van der Waals surface area contributed by atoms with Gasteiger partial charge in [0.2, 0.25) is 0 Å². The lowest BCUT2D eigenvalue weighted by atomic mass is 10.00. The van der Waals surface area contributed by atoms with Gasteiger partial charge in [0, 0.05) is 0 Å². The number of hydrogen-bond donors (Lipinski definition) is 1. The molecule has 2 nitrogen and oxygen atoms in total. The van der Waals surface area contributed by atoms with Gasteiger partial charge in [0.05, 0.1) is 11.6 Å². The Labute approximate surface area is 125 Å². The van der Waals surface area contributed by atoms with Crippen molar-refractivity contribution in [2.75, 3.05) is 0 Å². The van der Waals surface area contributed by atoms with E-state index in [2.05, 4.69) is 11.4 Å². The minimum absolute atomic E-state index is 0.0895. The van der Waals surface area contributed by atoms with Crippen LogP contribution in [-0.2, 0) is 0 Å². The van der Waals surface area contributed by atoms with Crippen LogP contribution in [0.1, 0.15) is 45.6 Å². The summed E-state index contributed by atoms with van der Waals surface area (Å²) in [6, 6.07) is 10.5. The Morgan fingerprint density at radius 2 is 1.67 bits per heavy atom.